The number of methoxy groups -OCH3 is 1. The Morgan fingerprint density at radius 1 is 0.969 bits per heavy atom. The second-order valence-electron chi connectivity index (χ2n) is 7.72. The minimum Gasteiger partial charge on any atom is -0.465 e. The second kappa shape index (κ2) is 8.81. The third-order valence-corrected chi connectivity index (χ3v) is 6.78. The molecule has 4 aromatic rings. The Labute approximate surface area is 192 Å². The second-order valence-corrected chi connectivity index (χ2v) is 10.2. The summed E-state index contributed by atoms with van der Waals surface area (Å²) in [4.78, 5) is 12.4. The summed E-state index contributed by atoms with van der Waals surface area (Å²) >= 11 is 6.06. The number of fused-ring (bicyclic) bond motifs is 1. The van der Waals surface area contributed by atoms with E-state index in [1.165, 1.54) is 13.4 Å². The number of carbonyl (C=O) groups is 1. The predicted octanol–water partition coefficient (Wildman–Crippen LogP) is 5.12. The van der Waals surface area contributed by atoms with E-state index in [2.05, 4.69) is 16.7 Å². The largest absolute Gasteiger partial charge is 0.465 e. The van der Waals surface area contributed by atoms with Crippen LogP contribution in [0.4, 0.5) is 0 Å². The van der Waals surface area contributed by atoms with Crippen LogP contribution >= 0.6 is 11.6 Å². The predicted molar refractivity (Wildman–Crippen MR) is 126 cm³/mol. The highest BCUT2D eigenvalue weighted by atomic mass is 35.5. The standard InChI is InChI=1S/C25H22ClNO4S/c1-31-25(28)23-15-21(26)7-6-19(23)13-18-5-10-24-20(14-18)11-12-27(24)16-17-3-8-22(9-4-17)32(2,29)30/h3-12,14-15H,13,16H2,1-2H3. The van der Waals surface area contributed by atoms with Crippen molar-refractivity contribution in [3.8, 4) is 0 Å². The number of hydrogen-bond acceptors (Lipinski definition) is 4. The molecule has 0 N–H and O–H groups in total. The van der Waals surface area contributed by atoms with Crippen molar-refractivity contribution >= 4 is 38.3 Å². The summed E-state index contributed by atoms with van der Waals surface area (Å²) in [5.41, 5.74) is 4.48. The van der Waals surface area contributed by atoms with Gasteiger partial charge in [0.2, 0.25) is 0 Å². The van der Waals surface area contributed by atoms with Crippen molar-refractivity contribution in [3.05, 3.63) is 100 Å². The molecule has 4 rings (SSSR count). The van der Waals surface area contributed by atoms with Crippen LogP contribution in [0, 0.1) is 0 Å². The molecule has 0 amide bonds. The van der Waals surface area contributed by atoms with Crippen molar-refractivity contribution in [2.75, 3.05) is 13.4 Å². The normalized spacial score (nSPS) is 11.6. The molecular formula is C25H22ClNO4S. The molecule has 5 nitrogen and oxygen atoms in total. The highest BCUT2D eigenvalue weighted by Crippen LogP contribution is 2.24. The van der Waals surface area contributed by atoms with Gasteiger partial charge in [0.05, 0.1) is 17.6 Å². The number of halogens is 1. The van der Waals surface area contributed by atoms with Crippen LogP contribution in [0.5, 0.6) is 0 Å². The van der Waals surface area contributed by atoms with E-state index >= 15 is 0 Å². The van der Waals surface area contributed by atoms with Gasteiger partial charge in [-0.1, -0.05) is 35.9 Å². The maximum Gasteiger partial charge on any atom is 0.338 e. The molecule has 0 fully saturated rings. The van der Waals surface area contributed by atoms with Crippen molar-refractivity contribution < 1.29 is 17.9 Å². The van der Waals surface area contributed by atoms with Gasteiger partial charge in [-0.3, -0.25) is 0 Å². The lowest BCUT2D eigenvalue weighted by atomic mass is 9.99. The lowest BCUT2D eigenvalue weighted by Gasteiger charge is -2.10. The first-order chi connectivity index (χ1) is 15.2. The third kappa shape index (κ3) is 4.71. The number of benzene rings is 3. The fourth-order valence-corrected chi connectivity index (χ4v) is 4.56. The van der Waals surface area contributed by atoms with E-state index in [1.807, 2.05) is 36.5 Å². The Morgan fingerprint density at radius 2 is 1.69 bits per heavy atom. The van der Waals surface area contributed by atoms with Gasteiger partial charge in [-0.05, 0) is 71.0 Å². The first-order valence-electron chi connectivity index (χ1n) is 9.98. The maximum absolute atomic E-state index is 12.1. The lowest BCUT2D eigenvalue weighted by Crippen LogP contribution is -2.06. The number of ether oxygens (including phenoxy) is 1. The molecule has 3 aromatic carbocycles. The first kappa shape index (κ1) is 22.1. The number of hydrogen-bond donors (Lipinski definition) is 0. The van der Waals surface area contributed by atoms with E-state index in [4.69, 9.17) is 16.3 Å². The van der Waals surface area contributed by atoms with Gasteiger partial charge in [0.25, 0.3) is 0 Å². The van der Waals surface area contributed by atoms with E-state index in [0.29, 0.717) is 28.4 Å². The van der Waals surface area contributed by atoms with Crippen LogP contribution in [0.1, 0.15) is 27.0 Å². The molecule has 164 valence electrons. The molecule has 0 aliphatic heterocycles. The summed E-state index contributed by atoms with van der Waals surface area (Å²) in [7, 11) is -1.85. The number of esters is 1. The fraction of sp³-hybridized carbons (Fsp3) is 0.160. The molecule has 1 heterocycles. The van der Waals surface area contributed by atoms with Crippen molar-refractivity contribution in [1.82, 2.24) is 4.57 Å². The van der Waals surface area contributed by atoms with Gasteiger partial charge in [0.15, 0.2) is 9.84 Å². The van der Waals surface area contributed by atoms with Crippen LogP contribution in [0.3, 0.4) is 0 Å². The van der Waals surface area contributed by atoms with E-state index in [-0.39, 0.29) is 0 Å². The van der Waals surface area contributed by atoms with E-state index in [1.54, 1.807) is 24.3 Å². The average Bonchev–Trinajstić information content (AvgIpc) is 3.16. The van der Waals surface area contributed by atoms with Gasteiger partial charge in [-0.25, -0.2) is 13.2 Å². The Kier molecular flexibility index (Phi) is 6.09. The van der Waals surface area contributed by atoms with Crippen LogP contribution < -0.4 is 0 Å². The summed E-state index contributed by atoms with van der Waals surface area (Å²) in [6.07, 6.45) is 3.80. The number of carbonyl (C=O) groups excluding carboxylic acids is 1. The van der Waals surface area contributed by atoms with Gasteiger partial charge in [-0.2, -0.15) is 0 Å². The molecule has 0 saturated carbocycles. The Balaban J connectivity index is 1.58. The van der Waals surface area contributed by atoms with Crippen molar-refractivity contribution in [3.63, 3.8) is 0 Å². The fourth-order valence-electron chi connectivity index (χ4n) is 3.76. The number of sulfone groups is 1. The average molecular weight is 468 g/mol. The molecule has 0 saturated heterocycles. The van der Waals surface area contributed by atoms with E-state index in [0.717, 1.165) is 27.6 Å². The zero-order chi connectivity index (χ0) is 22.9. The van der Waals surface area contributed by atoms with Crippen LogP contribution in [-0.2, 0) is 27.5 Å². The Bertz CT molecular complexity index is 1410. The summed E-state index contributed by atoms with van der Waals surface area (Å²) in [6, 6.07) is 20.5. The van der Waals surface area contributed by atoms with Crippen molar-refractivity contribution in [2.45, 2.75) is 17.9 Å². The summed E-state index contributed by atoms with van der Waals surface area (Å²) in [6.45, 7) is 0.635. The third-order valence-electron chi connectivity index (χ3n) is 5.41. The molecule has 0 aliphatic carbocycles. The number of nitrogens with zero attached hydrogens (tertiary/aromatic N) is 1. The number of rotatable bonds is 6. The smallest absolute Gasteiger partial charge is 0.338 e. The number of aromatic nitrogens is 1. The molecule has 0 radical (unpaired) electrons. The SMILES string of the molecule is COC(=O)c1cc(Cl)ccc1Cc1ccc2c(ccn2Cc2ccc(S(C)(=O)=O)cc2)c1. The van der Waals surface area contributed by atoms with Gasteiger partial charge in [-0.15, -0.1) is 0 Å². The highest BCUT2D eigenvalue weighted by molar-refractivity contribution is 7.90. The van der Waals surface area contributed by atoms with Gasteiger partial charge >= 0.3 is 5.97 Å². The molecule has 0 atom stereocenters. The molecular weight excluding hydrogens is 446 g/mol. The molecule has 32 heavy (non-hydrogen) atoms. The Hall–Kier alpha value is -3.09. The molecule has 0 aliphatic rings. The van der Waals surface area contributed by atoms with Crippen LogP contribution in [0.25, 0.3) is 10.9 Å². The van der Waals surface area contributed by atoms with Crippen LogP contribution in [0.2, 0.25) is 5.02 Å². The Morgan fingerprint density at radius 3 is 2.38 bits per heavy atom. The van der Waals surface area contributed by atoms with E-state index in [9.17, 15) is 13.2 Å². The molecule has 1 aromatic heterocycles. The van der Waals surface area contributed by atoms with Gasteiger partial charge in [0.1, 0.15) is 0 Å². The first-order valence-corrected chi connectivity index (χ1v) is 12.2. The maximum atomic E-state index is 12.1. The van der Waals surface area contributed by atoms with Crippen molar-refractivity contribution in [2.24, 2.45) is 0 Å². The summed E-state index contributed by atoms with van der Waals surface area (Å²) in [5.74, 6) is -0.406. The van der Waals surface area contributed by atoms with Gasteiger partial charge in [0, 0.05) is 29.5 Å². The summed E-state index contributed by atoms with van der Waals surface area (Å²) < 4.78 is 30.3. The lowest BCUT2D eigenvalue weighted by molar-refractivity contribution is 0.0599. The quantitative estimate of drug-likeness (QED) is 0.369. The zero-order valence-corrected chi connectivity index (χ0v) is 19.3. The van der Waals surface area contributed by atoms with Crippen LogP contribution in [-0.4, -0.2) is 32.3 Å². The van der Waals surface area contributed by atoms with Crippen LogP contribution in [0.15, 0.2) is 77.8 Å². The minimum atomic E-state index is -3.20. The molecule has 7 heteroatoms. The topological polar surface area (TPSA) is 65.4 Å². The molecule has 0 spiro atoms. The van der Waals surface area contributed by atoms with Gasteiger partial charge < -0.3 is 9.30 Å². The summed E-state index contributed by atoms with van der Waals surface area (Å²) in [5, 5.41) is 1.58. The van der Waals surface area contributed by atoms with Crippen molar-refractivity contribution in [1.29, 1.82) is 0 Å². The molecule has 0 unspecified atom stereocenters. The van der Waals surface area contributed by atoms with E-state index < -0.39 is 15.8 Å². The zero-order valence-electron chi connectivity index (χ0n) is 17.7. The highest BCUT2D eigenvalue weighted by Gasteiger charge is 2.14. The monoisotopic (exact) mass is 467 g/mol. The minimum absolute atomic E-state index is 0.316. The molecule has 0 bridgehead atoms.